The lowest BCUT2D eigenvalue weighted by molar-refractivity contribution is 0.00571. The van der Waals surface area contributed by atoms with Crippen molar-refractivity contribution in [3.05, 3.63) is 18.0 Å². The minimum Gasteiger partial charge on any atom is -0.444 e. The van der Waals surface area contributed by atoms with Crippen molar-refractivity contribution in [1.82, 2.24) is 19.4 Å². The lowest BCUT2D eigenvalue weighted by Crippen LogP contribution is -2.50. The van der Waals surface area contributed by atoms with E-state index in [1.807, 2.05) is 52.3 Å². The standard InChI is InChI=1S/C19H32N4O3S/c1-17(2,3)26-16(24)22-11-8-19(9-12-22)13-23-14(7-10-20-23)15(19)21-27(25)18(4,5)6/h7,10,15,21H,8-9,11-13H2,1-6H3/t15-,27+/m0/s1. The summed E-state index contributed by atoms with van der Waals surface area (Å²) < 4.78 is 23.4. The van der Waals surface area contributed by atoms with E-state index >= 15 is 0 Å². The summed E-state index contributed by atoms with van der Waals surface area (Å²) in [5.74, 6) is 0. The molecule has 0 bridgehead atoms. The molecule has 27 heavy (non-hydrogen) atoms. The van der Waals surface area contributed by atoms with Gasteiger partial charge < -0.3 is 9.64 Å². The maximum absolute atomic E-state index is 12.8. The first-order chi connectivity index (χ1) is 12.4. The fraction of sp³-hybridized carbons (Fsp3) is 0.789. The zero-order chi connectivity index (χ0) is 20.0. The number of amides is 1. The summed E-state index contributed by atoms with van der Waals surface area (Å²) in [6, 6.07) is 1.98. The van der Waals surface area contributed by atoms with Gasteiger partial charge in [0.1, 0.15) is 5.60 Å². The molecule has 1 fully saturated rings. The number of carbonyl (C=O) groups is 1. The predicted octanol–water partition coefficient (Wildman–Crippen LogP) is 3.01. The van der Waals surface area contributed by atoms with Crippen LogP contribution in [0.4, 0.5) is 4.79 Å². The van der Waals surface area contributed by atoms with Crippen LogP contribution < -0.4 is 4.72 Å². The van der Waals surface area contributed by atoms with E-state index in [0.717, 1.165) is 25.1 Å². The molecule has 2 aliphatic heterocycles. The van der Waals surface area contributed by atoms with Crippen molar-refractivity contribution in [2.24, 2.45) is 5.41 Å². The zero-order valence-electron chi connectivity index (χ0n) is 17.2. The molecule has 3 heterocycles. The van der Waals surface area contributed by atoms with E-state index in [1.54, 1.807) is 11.1 Å². The van der Waals surface area contributed by atoms with Gasteiger partial charge in [-0.1, -0.05) is 0 Å². The highest BCUT2D eigenvalue weighted by Gasteiger charge is 2.50. The first kappa shape index (κ1) is 20.3. The Morgan fingerprint density at radius 2 is 1.89 bits per heavy atom. The lowest BCUT2D eigenvalue weighted by Gasteiger charge is -2.43. The molecular weight excluding hydrogens is 364 g/mol. The summed E-state index contributed by atoms with van der Waals surface area (Å²) in [5, 5.41) is 4.44. The number of hydrogen-bond acceptors (Lipinski definition) is 4. The van der Waals surface area contributed by atoms with Crippen LogP contribution in [0.5, 0.6) is 0 Å². The number of aromatic nitrogens is 2. The maximum Gasteiger partial charge on any atom is 0.410 e. The van der Waals surface area contributed by atoms with E-state index in [4.69, 9.17) is 4.74 Å². The van der Waals surface area contributed by atoms with Gasteiger partial charge in [-0.25, -0.2) is 13.7 Å². The lowest BCUT2D eigenvalue weighted by atomic mass is 9.74. The third-order valence-corrected chi connectivity index (χ3v) is 6.88. The fourth-order valence-electron chi connectivity index (χ4n) is 3.80. The Kier molecular flexibility index (Phi) is 5.18. The Labute approximate surface area is 164 Å². The Morgan fingerprint density at radius 3 is 2.44 bits per heavy atom. The van der Waals surface area contributed by atoms with E-state index in [0.29, 0.717) is 13.1 Å². The van der Waals surface area contributed by atoms with Gasteiger partial charge in [0.15, 0.2) is 0 Å². The maximum atomic E-state index is 12.8. The molecule has 0 saturated carbocycles. The van der Waals surface area contributed by atoms with Crippen molar-refractivity contribution < 1.29 is 13.7 Å². The van der Waals surface area contributed by atoms with Crippen LogP contribution in [0.3, 0.4) is 0 Å². The topological polar surface area (TPSA) is 76.5 Å². The molecule has 152 valence electrons. The number of ether oxygens (including phenoxy) is 1. The normalized spacial score (nSPS) is 23.3. The van der Waals surface area contributed by atoms with Gasteiger partial charge in [0, 0.05) is 31.2 Å². The van der Waals surface area contributed by atoms with Gasteiger partial charge in [-0.05, 0) is 60.5 Å². The van der Waals surface area contributed by atoms with Gasteiger partial charge >= 0.3 is 6.09 Å². The number of rotatable bonds is 2. The molecule has 1 amide bonds. The van der Waals surface area contributed by atoms with Crippen LogP contribution >= 0.6 is 0 Å². The van der Waals surface area contributed by atoms with Crippen LogP contribution in [0.15, 0.2) is 12.3 Å². The predicted molar refractivity (Wildman–Crippen MR) is 105 cm³/mol. The average Bonchev–Trinajstić information content (AvgIpc) is 3.07. The van der Waals surface area contributed by atoms with E-state index in [9.17, 15) is 9.00 Å². The fourth-order valence-corrected chi connectivity index (χ4v) is 4.74. The van der Waals surface area contributed by atoms with E-state index < -0.39 is 16.6 Å². The first-order valence-electron chi connectivity index (χ1n) is 9.59. The zero-order valence-corrected chi connectivity index (χ0v) is 18.1. The monoisotopic (exact) mass is 396 g/mol. The molecule has 3 rings (SSSR count). The second-order valence-corrected chi connectivity index (χ2v) is 11.7. The minimum atomic E-state index is -1.17. The van der Waals surface area contributed by atoms with Gasteiger partial charge in [-0.2, -0.15) is 5.10 Å². The second-order valence-electron chi connectivity index (χ2n) is 9.68. The quantitative estimate of drug-likeness (QED) is 0.834. The summed E-state index contributed by atoms with van der Waals surface area (Å²) in [4.78, 5) is 14.2. The first-order valence-corrected chi connectivity index (χ1v) is 10.7. The number of likely N-dealkylation sites (tertiary alicyclic amines) is 1. The summed E-state index contributed by atoms with van der Waals surface area (Å²) in [7, 11) is -1.17. The van der Waals surface area contributed by atoms with Crippen molar-refractivity contribution >= 4 is 17.1 Å². The third-order valence-electron chi connectivity index (χ3n) is 5.31. The smallest absolute Gasteiger partial charge is 0.410 e. The molecule has 0 aliphatic carbocycles. The number of nitrogens with zero attached hydrogens (tertiary/aromatic N) is 3. The summed E-state index contributed by atoms with van der Waals surface area (Å²) >= 11 is 0. The van der Waals surface area contributed by atoms with Gasteiger partial charge in [-0.3, -0.25) is 4.68 Å². The van der Waals surface area contributed by atoms with Crippen LogP contribution in [0.1, 0.15) is 66.1 Å². The molecular formula is C19H32N4O3S. The second kappa shape index (κ2) is 6.88. The Bertz CT molecular complexity index is 724. The van der Waals surface area contributed by atoms with Crippen LogP contribution in [0.25, 0.3) is 0 Å². The van der Waals surface area contributed by atoms with Gasteiger partial charge in [0.05, 0.1) is 27.5 Å². The number of nitrogens with one attached hydrogen (secondary N) is 1. The van der Waals surface area contributed by atoms with Gasteiger partial charge in [-0.15, -0.1) is 0 Å². The number of fused-ring (bicyclic) bond motifs is 1. The Morgan fingerprint density at radius 1 is 1.26 bits per heavy atom. The summed E-state index contributed by atoms with van der Waals surface area (Å²) in [6.45, 7) is 13.6. The van der Waals surface area contributed by atoms with Gasteiger partial charge in [0.25, 0.3) is 0 Å². The molecule has 1 aromatic heterocycles. The number of piperidine rings is 1. The molecule has 7 nitrogen and oxygen atoms in total. The van der Waals surface area contributed by atoms with E-state index in [-0.39, 0.29) is 22.3 Å². The molecule has 8 heteroatoms. The van der Waals surface area contributed by atoms with Gasteiger partial charge in [0.2, 0.25) is 0 Å². The average molecular weight is 397 g/mol. The van der Waals surface area contributed by atoms with Crippen molar-refractivity contribution in [2.45, 2.75) is 77.3 Å². The highest BCUT2D eigenvalue weighted by atomic mass is 32.2. The molecule has 1 N–H and O–H groups in total. The summed E-state index contributed by atoms with van der Waals surface area (Å²) in [5.41, 5.74) is 0.511. The SMILES string of the molecule is CC(C)(C)OC(=O)N1CCC2(CC1)Cn1nccc1[C@@H]2N[S@](=O)C(C)(C)C. The molecule has 1 spiro atoms. The van der Waals surface area contributed by atoms with Crippen LogP contribution in [-0.2, 0) is 22.3 Å². The van der Waals surface area contributed by atoms with Crippen LogP contribution in [0.2, 0.25) is 0 Å². The highest BCUT2D eigenvalue weighted by molar-refractivity contribution is 7.84. The number of hydrogen-bond donors (Lipinski definition) is 1. The van der Waals surface area contributed by atoms with E-state index in [1.165, 1.54) is 0 Å². The third kappa shape index (κ3) is 4.21. The van der Waals surface area contributed by atoms with Crippen molar-refractivity contribution in [3.63, 3.8) is 0 Å². The molecule has 0 unspecified atom stereocenters. The van der Waals surface area contributed by atoms with Crippen LogP contribution in [0, 0.1) is 5.41 Å². The van der Waals surface area contributed by atoms with Crippen molar-refractivity contribution in [1.29, 1.82) is 0 Å². The highest BCUT2D eigenvalue weighted by Crippen LogP contribution is 2.49. The van der Waals surface area contributed by atoms with Crippen molar-refractivity contribution in [2.75, 3.05) is 13.1 Å². The molecule has 2 atom stereocenters. The molecule has 0 radical (unpaired) electrons. The summed E-state index contributed by atoms with van der Waals surface area (Å²) in [6.07, 6.45) is 3.20. The Balaban J connectivity index is 1.74. The molecule has 0 aromatic carbocycles. The number of carbonyl (C=O) groups excluding carboxylic acids is 1. The molecule has 1 saturated heterocycles. The largest absolute Gasteiger partial charge is 0.444 e. The molecule has 2 aliphatic rings. The Hall–Kier alpha value is -1.41. The van der Waals surface area contributed by atoms with E-state index in [2.05, 4.69) is 9.82 Å². The van der Waals surface area contributed by atoms with Crippen LogP contribution in [-0.4, -0.2) is 48.4 Å². The van der Waals surface area contributed by atoms with Crippen molar-refractivity contribution in [3.8, 4) is 0 Å². The minimum absolute atomic E-state index is 0.0270. The molecule has 1 aromatic rings.